The smallest absolute Gasteiger partial charge is 0.143 e. The van der Waals surface area contributed by atoms with Crippen molar-refractivity contribution in [1.82, 2.24) is 0 Å². The van der Waals surface area contributed by atoms with E-state index in [1.54, 1.807) is 0 Å². The number of nitrogens with one attached hydrogen (secondary N) is 1. The summed E-state index contributed by atoms with van der Waals surface area (Å²) in [7, 11) is 0. The number of hydrogen-bond acceptors (Lipinski definition) is 2. The van der Waals surface area contributed by atoms with Crippen LogP contribution in [0.25, 0.3) is 0 Å². The van der Waals surface area contributed by atoms with E-state index in [0.29, 0.717) is 5.69 Å². The maximum absolute atomic E-state index is 12.9. The summed E-state index contributed by atoms with van der Waals surface area (Å²) in [5.41, 5.74) is 6.77. The van der Waals surface area contributed by atoms with Gasteiger partial charge in [-0.3, -0.25) is 0 Å². The highest BCUT2D eigenvalue weighted by Gasteiger charge is 2.21. The van der Waals surface area contributed by atoms with Crippen LogP contribution >= 0.6 is 11.6 Å². The van der Waals surface area contributed by atoms with E-state index < -0.39 is 5.82 Å². The number of anilines is 2. The fraction of sp³-hybridized carbons (Fsp3) is 0.400. The molecule has 1 aromatic rings. The molecule has 0 aromatic heterocycles. The summed E-state index contributed by atoms with van der Waals surface area (Å²) in [6, 6.07) is 2.78. The molecule has 1 aromatic carbocycles. The molecule has 4 heteroatoms. The second kappa shape index (κ2) is 3.65. The Kier molecular flexibility index (Phi) is 2.50. The Morgan fingerprint density at radius 2 is 2.21 bits per heavy atom. The van der Waals surface area contributed by atoms with Crippen LogP contribution in [0, 0.1) is 11.7 Å². The van der Waals surface area contributed by atoms with E-state index >= 15 is 0 Å². The SMILES string of the molecule is Nc1cc(F)c(Cl)cc1NCC1CC1. The van der Waals surface area contributed by atoms with Crippen LogP contribution in [-0.4, -0.2) is 6.54 Å². The van der Waals surface area contributed by atoms with Gasteiger partial charge in [0.1, 0.15) is 5.82 Å². The van der Waals surface area contributed by atoms with Crippen molar-refractivity contribution in [3.05, 3.63) is 23.0 Å². The van der Waals surface area contributed by atoms with Gasteiger partial charge in [0.25, 0.3) is 0 Å². The summed E-state index contributed by atoms with van der Waals surface area (Å²) in [5, 5.41) is 3.28. The molecular formula is C10H12ClFN2. The molecule has 1 saturated carbocycles. The van der Waals surface area contributed by atoms with Crippen molar-refractivity contribution in [3.63, 3.8) is 0 Å². The van der Waals surface area contributed by atoms with Crippen LogP contribution in [0.4, 0.5) is 15.8 Å². The average Bonchev–Trinajstić information content (AvgIpc) is 2.92. The molecule has 0 spiro atoms. The van der Waals surface area contributed by atoms with Crippen molar-refractivity contribution >= 4 is 23.0 Å². The topological polar surface area (TPSA) is 38.0 Å². The van der Waals surface area contributed by atoms with E-state index in [9.17, 15) is 4.39 Å². The Hall–Kier alpha value is -0.960. The van der Waals surface area contributed by atoms with Gasteiger partial charge in [0, 0.05) is 12.6 Å². The summed E-state index contributed by atoms with van der Waals surface area (Å²) >= 11 is 5.65. The van der Waals surface area contributed by atoms with E-state index in [2.05, 4.69) is 5.32 Å². The minimum absolute atomic E-state index is 0.109. The van der Waals surface area contributed by atoms with Crippen LogP contribution in [-0.2, 0) is 0 Å². The van der Waals surface area contributed by atoms with Gasteiger partial charge in [-0.1, -0.05) is 11.6 Å². The first-order valence-corrected chi connectivity index (χ1v) is 5.03. The fourth-order valence-electron chi connectivity index (χ4n) is 1.29. The van der Waals surface area contributed by atoms with Gasteiger partial charge in [-0.15, -0.1) is 0 Å². The molecule has 14 heavy (non-hydrogen) atoms. The lowest BCUT2D eigenvalue weighted by Gasteiger charge is -2.09. The predicted molar refractivity (Wildman–Crippen MR) is 57.0 cm³/mol. The van der Waals surface area contributed by atoms with Crippen LogP contribution in [0.15, 0.2) is 12.1 Å². The highest BCUT2D eigenvalue weighted by Crippen LogP contribution is 2.31. The Labute approximate surface area is 87.2 Å². The van der Waals surface area contributed by atoms with E-state index in [1.165, 1.54) is 25.0 Å². The summed E-state index contributed by atoms with van der Waals surface area (Å²) in [6.07, 6.45) is 2.53. The van der Waals surface area contributed by atoms with Gasteiger partial charge in [-0.05, 0) is 24.8 Å². The molecule has 2 rings (SSSR count). The second-order valence-corrected chi connectivity index (χ2v) is 4.09. The third kappa shape index (κ3) is 2.10. The lowest BCUT2D eigenvalue weighted by Crippen LogP contribution is -2.06. The standard InChI is InChI=1S/C10H12ClFN2/c11-7-3-10(9(13)4-8(7)12)14-5-6-1-2-6/h3-4,6,14H,1-2,5,13H2. The number of nitrogen functional groups attached to an aromatic ring is 1. The van der Waals surface area contributed by atoms with Crippen LogP contribution in [0.5, 0.6) is 0 Å². The first kappa shape index (κ1) is 9.59. The van der Waals surface area contributed by atoms with Crippen molar-refractivity contribution in [2.45, 2.75) is 12.8 Å². The summed E-state index contributed by atoms with van der Waals surface area (Å²) < 4.78 is 12.9. The number of nitrogens with two attached hydrogens (primary N) is 1. The quantitative estimate of drug-likeness (QED) is 0.760. The zero-order valence-corrected chi connectivity index (χ0v) is 8.44. The highest BCUT2D eigenvalue weighted by atomic mass is 35.5. The van der Waals surface area contributed by atoms with E-state index in [0.717, 1.165) is 18.2 Å². The van der Waals surface area contributed by atoms with Crippen LogP contribution in [0.2, 0.25) is 5.02 Å². The number of rotatable bonds is 3. The van der Waals surface area contributed by atoms with Gasteiger partial charge in [-0.25, -0.2) is 4.39 Å². The maximum atomic E-state index is 12.9. The molecule has 0 aliphatic heterocycles. The fourth-order valence-corrected chi connectivity index (χ4v) is 1.46. The predicted octanol–water partition coefficient (Wildman–Crippen LogP) is 2.88. The van der Waals surface area contributed by atoms with E-state index in [4.69, 9.17) is 17.3 Å². The summed E-state index contributed by atoms with van der Waals surface area (Å²) in [5.74, 6) is 0.277. The molecular weight excluding hydrogens is 203 g/mol. The van der Waals surface area contributed by atoms with Gasteiger partial charge in [0.15, 0.2) is 0 Å². The number of hydrogen-bond donors (Lipinski definition) is 2. The molecule has 0 heterocycles. The Morgan fingerprint density at radius 3 is 2.86 bits per heavy atom. The van der Waals surface area contributed by atoms with E-state index in [-0.39, 0.29) is 5.02 Å². The highest BCUT2D eigenvalue weighted by molar-refractivity contribution is 6.31. The molecule has 3 N–H and O–H groups in total. The number of halogens is 2. The molecule has 0 unspecified atom stereocenters. The molecule has 0 bridgehead atoms. The van der Waals surface area contributed by atoms with Crippen molar-refractivity contribution in [1.29, 1.82) is 0 Å². The second-order valence-electron chi connectivity index (χ2n) is 3.68. The Morgan fingerprint density at radius 1 is 1.50 bits per heavy atom. The molecule has 2 nitrogen and oxygen atoms in total. The first-order chi connectivity index (χ1) is 6.66. The van der Waals surface area contributed by atoms with Crippen molar-refractivity contribution in [2.24, 2.45) is 5.92 Å². The average molecular weight is 215 g/mol. The number of benzene rings is 1. The van der Waals surface area contributed by atoms with Gasteiger partial charge in [0.2, 0.25) is 0 Å². The normalized spacial score (nSPS) is 15.6. The monoisotopic (exact) mass is 214 g/mol. The van der Waals surface area contributed by atoms with Gasteiger partial charge in [-0.2, -0.15) is 0 Å². The zero-order valence-electron chi connectivity index (χ0n) is 7.69. The van der Waals surface area contributed by atoms with Gasteiger partial charge < -0.3 is 11.1 Å². The van der Waals surface area contributed by atoms with Crippen LogP contribution < -0.4 is 11.1 Å². The summed E-state index contributed by atoms with van der Waals surface area (Å²) in [4.78, 5) is 0. The molecule has 76 valence electrons. The molecule has 1 aliphatic carbocycles. The molecule has 0 radical (unpaired) electrons. The molecule has 0 amide bonds. The Bertz CT molecular complexity index is 350. The third-order valence-electron chi connectivity index (χ3n) is 2.37. The van der Waals surface area contributed by atoms with E-state index in [1.807, 2.05) is 0 Å². The van der Waals surface area contributed by atoms with Gasteiger partial charge in [0.05, 0.1) is 16.4 Å². The lowest BCUT2D eigenvalue weighted by molar-refractivity contribution is 0.629. The molecule has 1 aliphatic rings. The minimum Gasteiger partial charge on any atom is -0.397 e. The van der Waals surface area contributed by atoms with Crippen molar-refractivity contribution in [2.75, 3.05) is 17.6 Å². The lowest BCUT2D eigenvalue weighted by atomic mass is 10.2. The third-order valence-corrected chi connectivity index (χ3v) is 2.66. The maximum Gasteiger partial charge on any atom is 0.143 e. The first-order valence-electron chi connectivity index (χ1n) is 4.65. The van der Waals surface area contributed by atoms with Crippen molar-refractivity contribution < 1.29 is 4.39 Å². The van der Waals surface area contributed by atoms with Crippen LogP contribution in [0.3, 0.4) is 0 Å². The molecule has 0 atom stereocenters. The van der Waals surface area contributed by atoms with Crippen molar-refractivity contribution in [3.8, 4) is 0 Å². The molecule has 0 saturated heterocycles. The minimum atomic E-state index is -0.471. The Balaban J connectivity index is 2.10. The molecule has 1 fully saturated rings. The van der Waals surface area contributed by atoms with Gasteiger partial charge >= 0.3 is 0 Å². The zero-order chi connectivity index (χ0) is 10.1. The van der Waals surface area contributed by atoms with Crippen LogP contribution in [0.1, 0.15) is 12.8 Å². The largest absolute Gasteiger partial charge is 0.397 e. The summed E-state index contributed by atoms with van der Waals surface area (Å²) in [6.45, 7) is 0.895.